The van der Waals surface area contributed by atoms with Gasteiger partial charge < -0.3 is 19.4 Å². The van der Waals surface area contributed by atoms with Crippen LogP contribution in [0.4, 0.5) is 0 Å². The maximum absolute atomic E-state index is 8.88. The Kier molecular flexibility index (Phi) is 40.1. The molecule has 252 valence electrons. The molecule has 0 aliphatic heterocycles. The van der Waals surface area contributed by atoms with Crippen LogP contribution in [0.3, 0.4) is 0 Å². The SMILES string of the molecule is CCCCCCCCC=CCCCCCCCCOCCCCCCCCC=CCCCCCCCC.O=P(O)(O)O. The molecule has 0 fully saturated rings. The predicted octanol–water partition coefficient (Wildman–Crippen LogP) is 12.1. The topological polar surface area (TPSA) is 87.0 Å². The first-order valence-electron chi connectivity index (χ1n) is 18.1. The fraction of sp³-hybridized carbons (Fsp3) is 0.889. The highest BCUT2D eigenvalue weighted by Crippen LogP contribution is 2.25. The highest BCUT2D eigenvalue weighted by molar-refractivity contribution is 7.45. The number of ether oxygens (including phenoxy) is 1. The van der Waals surface area contributed by atoms with E-state index < -0.39 is 7.82 Å². The van der Waals surface area contributed by atoms with Gasteiger partial charge in [-0.15, -0.1) is 0 Å². The van der Waals surface area contributed by atoms with Gasteiger partial charge in [-0.3, -0.25) is 0 Å². The maximum atomic E-state index is 8.88. The van der Waals surface area contributed by atoms with Gasteiger partial charge in [-0.1, -0.05) is 154 Å². The second-order valence-corrected chi connectivity index (χ2v) is 13.0. The Balaban J connectivity index is 0. The van der Waals surface area contributed by atoms with E-state index in [2.05, 4.69) is 38.2 Å². The van der Waals surface area contributed by atoms with Crippen LogP contribution in [0.2, 0.25) is 0 Å². The number of allylic oxidation sites excluding steroid dienone is 4. The van der Waals surface area contributed by atoms with E-state index in [0.29, 0.717) is 0 Å². The number of hydrogen-bond acceptors (Lipinski definition) is 2. The summed E-state index contributed by atoms with van der Waals surface area (Å²) in [5.74, 6) is 0. The van der Waals surface area contributed by atoms with E-state index in [1.807, 2.05) is 0 Å². The molecule has 0 aliphatic rings. The number of phosphoric acid groups is 1. The summed E-state index contributed by atoms with van der Waals surface area (Å²) in [5, 5.41) is 0. The van der Waals surface area contributed by atoms with Gasteiger partial charge in [-0.05, 0) is 64.2 Å². The second kappa shape index (κ2) is 38.6. The third kappa shape index (κ3) is 52.2. The van der Waals surface area contributed by atoms with Gasteiger partial charge in [0, 0.05) is 13.2 Å². The Morgan fingerprint density at radius 1 is 0.405 bits per heavy atom. The minimum atomic E-state index is -4.64. The molecule has 0 rings (SSSR count). The van der Waals surface area contributed by atoms with E-state index in [1.54, 1.807) is 0 Å². The fourth-order valence-corrected chi connectivity index (χ4v) is 5.01. The second-order valence-electron chi connectivity index (χ2n) is 12.0. The molecule has 3 N–H and O–H groups in total. The van der Waals surface area contributed by atoms with E-state index in [0.717, 1.165) is 13.2 Å². The normalized spacial score (nSPS) is 11.9. The smallest absolute Gasteiger partial charge is 0.381 e. The molecule has 42 heavy (non-hydrogen) atoms. The lowest BCUT2D eigenvalue weighted by molar-refractivity contribution is 0.125. The van der Waals surface area contributed by atoms with Crippen molar-refractivity contribution in [3.8, 4) is 0 Å². The molecule has 0 saturated heterocycles. The van der Waals surface area contributed by atoms with Crippen molar-refractivity contribution in [2.45, 2.75) is 194 Å². The van der Waals surface area contributed by atoms with Crippen LogP contribution >= 0.6 is 7.82 Å². The lowest BCUT2D eigenvalue weighted by Gasteiger charge is -2.05. The highest BCUT2D eigenvalue weighted by atomic mass is 31.2. The average molecular weight is 617 g/mol. The summed E-state index contributed by atoms with van der Waals surface area (Å²) >= 11 is 0. The summed E-state index contributed by atoms with van der Waals surface area (Å²) in [5.41, 5.74) is 0. The minimum Gasteiger partial charge on any atom is -0.381 e. The molecular weight excluding hydrogens is 543 g/mol. The third-order valence-electron chi connectivity index (χ3n) is 7.60. The third-order valence-corrected chi connectivity index (χ3v) is 7.60. The molecule has 0 atom stereocenters. The molecule has 0 radical (unpaired) electrons. The molecule has 5 nitrogen and oxygen atoms in total. The van der Waals surface area contributed by atoms with Crippen LogP contribution in [-0.4, -0.2) is 27.9 Å². The number of unbranched alkanes of at least 4 members (excludes halogenated alkanes) is 24. The summed E-state index contributed by atoms with van der Waals surface area (Å²) in [7, 11) is -4.64. The average Bonchev–Trinajstić information content (AvgIpc) is 2.94. The van der Waals surface area contributed by atoms with E-state index in [-0.39, 0.29) is 0 Å². The van der Waals surface area contributed by atoms with Crippen molar-refractivity contribution in [3.63, 3.8) is 0 Å². The summed E-state index contributed by atoms with van der Waals surface area (Å²) < 4.78 is 14.7. The molecule has 0 unspecified atom stereocenters. The van der Waals surface area contributed by atoms with Gasteiger partial charge in [0.15, 0.2) is 0 Å². The first-order valence-corrected chi connectivity index (χ1v) is 19.6. The number of rotatable bonds is 32. The van der Waals surface area contributed by atoms with Crippen LogP contribution in [0.15, 0.2) is 24.3 Å². The first kappa shape index (κ1) is 43.7. The summed E-state index contributed by atoms with van der Waals surface area (Å²) in [6.07, 6.45) is 48.1. The zero-order chi connectivity index (χ0) is 31.2. The largest absolute Gasteiger partial charge is 0.466 e. The molecule has 0 spiro atoms. The molecule has 0 aromatic heterocycles. The van der Waals surface area contributed by atoms with Gasteiger partial charge >= 0.3 is 7.82 Å². The Hall–Kier alpha value is -0.450. The van der Waals surface area contributed by atoms with Gasteiger partial charge in [0.2, 0.25) is 0 Å². The van der Waals surface area contributed by atoms with Gasteiger partial charge in [-0.2, -0.15) is 0 Å². The predicted molar refractivity (Wildman–Crippen MR) is 184 cm³/mol. The molecule has 0 heterocycles. The van der Waals surface area contributed by atoms with Crippen molar-refractivity contribution in [2.24, 2.45) is 0 Å². The van der Waals surface area contributed by atoms with Crippen molar-refractivity contribution >= 4 is 7.82 Å². The van der Waals surface area contributed by atoms with Crippen molar-refractivity contribution in [1.29, 1.82) is 0 Å². The van der Waals surface area contributed by atoms with Gasteiger partial charge in [0.1, 0.15) is 0 Å². The fourth-order valence-electron chi connectivity index (χ4n) is 5.01. The van der Waals surface area contributed by atoms with Crippen LogP contribution < -0.4 is 0 Å². The molecule has 0 aliphatic carbocycles. The highest BCUT2D eigenvalue weighted by Gasteiger charge is 2.00. The maximum Gasteiger partial charge on any atom is 0.466 e. The van der Waals surface area contributed by atoms with Crippen molar-refractivity contribution < 1.29 is 24.0 Å². The Morgan fingerprint density at radius 3 is 0.881 bits per heavy atom. The summed E-state index contributed by atoms with van der Waals surface area (Å²) in [4.78, 5) is 21.6. The van der Waals surface area contributed by atoms with Crippen molar-refractivity contribution in [3.05, 3.63) is 24.3 Å². The molecule has 0 aromatic rings. The zero-order valence-corrected chi connectivity index (χ0v) is 29.0. The Labute approximate surface area is 262 Å². The molecule has 0 saturated carbocycles. The lowest BCUT2D eigenvalue weighted by Crippen LogP contribution is -1.97. The zero-order valence-electron chi connectivity index (χ0n) is 28.1. The van der Waals surface area contributed by atoms with Crippen LogP contribution in [0, 0.1) is 0 Å². The van der Waals surface area contributed by atoms with E-state index >= 15 is 0 Å². The molecule has 0 aromatic carbocycles. The van der Waals surface area contributed by atoms with Crippen LogP contribution in [0.1, 0.15) is 194 Å². The molecule has 6 heteroatoms. The van der Waals surface area contributed by atoms with Gasteiger partial charge in [0.25, 0.3) is 0 Å². The van der Waals surface area contributed by atoms with Crippen LogP contribution in [0.25, 0.3) is 0 Å². The van der Waals surface area contributed by atoms with E-state index in [4.69, 9.17) is 24.0 Å². The lowest BCUT2D eigenvalue weighted by atomic mass is 10.1. The Bertz CT molecular complexity index is 539. The minimum absolute atomic E-state index is 0.978. The standard InChI is InChI=1S/C36H70O.H3O4P/c1-3-5-7-9-11-13-15-17-19-21-23-25-27-29-31-33-35-37-36-34-32-30-28-26-24-22-20-18-16-14-12-10-8-6-4-2;1-5(2,3)4/h17-20H,3-16,21-36H2,1-2H3;(H3,1,2,3,4). The van der Waals surface area contributed by atoms with Gasteiger partial charge in [-0.25, -0.2) is 4.57 Å². The quantitative estimate of drug-likeness (QED) is 0.0397. The van der Waals surface area contributed by atoms with Gasteiger partial charge in [0.05, 0.1) is 0 Å². The Morgan fingerprint density at radius 2 is 0.619 bits per heavy atom. The van der Waals surface area contributed by atoms with E-state index in [9.17, 15) is 0 Å². The number of hydrogen-bond donors (Lipinski definition) is 3. The summed E-state index contributed by atoms with van der Waals surface area (Å²) in [6, 6.07) is 0. The first-order chi connectivity index (χ1) is 20.4. The van der Waals surface area contributed by atoms with Crippen molar-refractivity contribution in [1.82, 2.24) is 0 Å². The molecule has 0 bridgehead atoms. The van der Waals surface area contributed by atoms with Crippen molar-refractivity contribution in [2.75, 3.05) is 13.2 Å². The summed E-state index contributed by atoms with van der Waals surface area (Å²) in [6.45, 7) is 6.54. The monoisotopic (exact) mass is 617 g/mol. The van der Waals surface area contributed by atoms with Crippen LogP contribution in [0.5, 0.6) is 0 Å². The van der Waals surface area contributed by atoms with Crippen LogP contribution in [-0.2, 0) is 9.30 Å². The molecular formula is C36H73O5P. The molecule has 0 amide bonds. The van der Waals surface area contributed by atoms with E-state index in [1.165, 1.54) is 180 Å².